The molecule has 0 N–H and O–H groups in total. The maximum Gasteiger partial charge on any atom is 0.417 e. The highest BCUT2D eigenvalue weighted by Gasteiger charge is 2.33. The van der Waals surface area contributed by atoms with Crippen LogP contribution in [-0.4, -0.2) is 26.1 Å². The van der Waals surface area contributed by atoms with E-state index in [0.29, 0.717) is 35.6 Å². The number of pyridine rings is 1. The third-order valence-corrected chi connectivity index (χ3v) is 5.27. The van der Waals surface area contributed by atoms with Gasteiger partial charge >= 0.3 is 11.7 Å². The molecular weight excluding hydrogens is 390 g/mol. The van der Waals surface area contributed by atoms with Gasteiger partial charge in [-0.05, 0) is 32.4 Å². The van der Waals surface area contributed by atoms with Gasteiger partial charge in [-0.3, -0.25) is 9.78 Å². The van der Waals surface area contributed by atoms with Crippen LogP contribution in [0.4, 0.5) is 23.4 Å². The van der Waals surface area contributed by atoms with Gasteiger partial charge in [-0.2, -0.15) is 22.1 Å². The van der Waals surface area contributed by atoms with Crippen LogP contribution in [0.3, 0.4) is 0 Å². The number of anilines is 1. The van der Waals surface area contributed by atoms with E-state index in [1.165, 1.54) is 6.92 Å². The standard InChI is InChI=1S/C19H17F4N5O/c1-9-10(2)17(26-28-16(9)25-11(3)15(20)18(28)29)27-5-4-14-12(8-27)6-13(7-24-14)19(21,22)23/h6-7H,4-5,8H2,1-3H3. The van der Waals surface area contributed by atoms with Crippen molar-refractivity contribution < 1.29 is 17.6 Å². The minimum Gasteiger partial charge on any atom is -0.350 e. The molecule has 0 saturated heterocycles. The molecule has 152 valence electrons. The van der Waals surface area contributed by atoms with Gasteiger partial charge in [-0.15, -0.1) is 5.10 Å². The fraction of sp³-hybridized carbons (Fsp3) is 0.368. The number of alkyl halides is 3. The Morgan fingerprint density at radius 3 is 2.55 bits per heavy atom. The molecule has 10 heteroatoms. The van der Waals surface area contributed by atoms with Gasteiger partial charge in [-0.1, -0.05) is 0 Å². The number of aryl methyl sites for hydroxylation is 2. The van der Waals surface area contributed by atoms with Gasteiger partial charge in [0, 0.05) is 42.5 Å². The summed E-state index contributed by atoms with van der Waals surface area (Å²) in [6.07, 6.45) is -3.21. The zero-order chi connectivity index (χ0) is 21.1. The Hall–Kier alpha value is -3.04. The van der Waals surface area contributed by atoms with Crippen LogP contribution in [0, 0.1) is 26.6 Å². The van der Waals surface area contributed by atoms with Crippen molar-refractivity contribution in [3.05, 3.63) is 62.1 Å². The molecule has 0 unspecified atom stereocenters. The molecule has 1 aliphatic rings. The van der Waals surface area contributed by atoms with Gasteiger partial charge in [0.1, 0.15) is 0 Å². The van der Waals surface area contributed by atoms with Crippen LogP contribution in [0.15, 0.2) is 17.1 Å². The predicted molar refractivity (Wildman–Crippen MR) is 97.4 cm³/mol. The van der Waals surface area contributed by atoms with Crippen LogP contribution in [0.25, 0.3) is 5.65 Å². The van der Waals surface area contributed by atoms with Crippen LogP contribution in [0.1, 0.15) is 33.6 Å². The second kappa shape index (κ2) is 6.50. The van der Waals surface area contributed by atoms with Gasteiger partial charge in [0.2, 0.25) is 5.82 Å². The average molecular weight is 407 g/mol. The van der Waals surface area contributed by atoms with E-state index in [1.807, 2.05) is 0 Å². The van der Waals surface area contributed by atoms with Gasteiger partial charge in [0.25, 0.3) is 0 Å². The highest BCUT2D eigenvalue weighted by atomic mass is 19.4. The highest BCUT2D eigenvalue weighted by Crippen LogP contribution is 2.32. The van der Waals surface area contributed by atoms with Crippen molar-refractivity contribution in [2.75, 3.05) is 11.4 Å². The summed E-state index contributed by atoms with van der Waals surface area (Å²) in [7, 11) is 0. The van der Waals surface area contributed by atoms with E-state index in [9.17, 15) is 22.4 Å². The lowest BCUT2D eigenvalue weighted by Gasteiger charge is -2.31. The summed E-state index contributed by atoms with van der Waals surface area (Å²) < 4.78 is 54.1. The number of halogens is 4. The first-order valence-corrected chi connectivity index (χ1v) is 8.94. The first-order valence-electron chi connectivity index (χ1n) is 8.94. The van der Waals surface area contributed by atoms with Crippen LogP contribution in [0.2, 0.25) is 0 Å². The molecule has 6 nitrogen and oxygen atoms in total. The molecule has 0 fully saturated rings. The Morgan fingerprint density at radius 2 is 1.86 bits per heavy atom. The maximum atomic E-state index is 14.1. The van der Waals surface area contributed by atoms with Crippen LogP contribution in [0.5, 0.6) is 0 Å². The lowest BCUT2D eigenvalue weighted by Crippen LogP contribution is -2.34. The van der Waals surface area contributed by atoms with Crippen LogP contribution >= 0.6 is 0 Å². The Kier molecular flexibility index (Phi) is 4.32. The largest absolute Gasteiger partial charge is 0.417 e. The Labute approximate surface area is 162 Å². The summed E-state index contributed by atoms with van der Waals surface area (Å²) in [5, 5.41) is 4.29. The Balaban J connectivity index is 1.82. The molecule has 3 aromatic rings. The first kappa shape index (κ1) is 19.3. The third-order valence-electron chi connectivity index (χ3n) is 5.27. The molecule has 1 aliphatic heterocycles. The number of hydrogen-bond acceptors (Lipinski definition) is 5. The molecule has 0 saturated carbocycles. The minimum atomic E-state index is -4.48. The van der Waals surface area contributed by atoms with Crippen LogP contribution < -0.4 is 10.5 Å². The van der Waals surface area contributed by atoms with Crippen molar-refractivity contribution in [1.29, 1.82) is 0 Å². The number of hydrogen-bond donors (Lipinski definition) is 0. The van der Waals surface area contributed by atoms with E-state index in [1.54, 1.807) is 18.7 Å². The quantitative estimate of drug-likeness (QED) is 0.580. The topological polar surface area (TPSA) is 63.4 Å². The number of fused-ring (bicyclic) bond motifs is 2. The second-order valence-electron chi connectivity index (χ2n) is 7.12. The van der Waals surface area contributed by atoms with Crippen LogP contribution in [-0.2, 0) is 19.1 Å². The van der Waals surface area contributed by atoms with Gasteiger partial charge < -0.3 is 4.90 Å². The number of aromatic nitrogens is 4. The molecule has 0 amide bonds. The molecule has 0 radical (unpaired) electrons. The number of rotatable bonds is 1. The molecule has 0 aliphatic carbocycles. The Bertz CT molecular complexity index is 1200. The van der Waals surface area contributed by atoms with Crippen molar-refractivity contribution in [1.82, 2.24) is 19.6 Å². The molecule has 3 aromatic heterocycles. The van der Waals surface area contributed by atoms with Gasteiger partial charge in [-0.25, -0.2) is 4.98 Å². The average Bonchev–Trinajstić information content (AvgIpc) is 2.68. The van der Waals surface area contributed by atoms with E-state index < -0.39 is 23.1 Å². The molecular formula is C19H17F4N5O. The molecule has 0 spiro atoms. The summed E-state index contributed by atoms with van der Waals surface area (Å²) in [6, 6.07) is 1.09. The monoisotopic (exact) mass is 407 g/mol. The van der Waals surface area contributed by atoms with Crippen molar-refractivity contribution in [3.8, 4) is 0 Å². The zero-order valence-corrected chi connectivity index (χ0v) is 15.9. The second-order valence-corrected chi connectivity index (χ2v) is 7.12. The lowest BCUT2D eigenvalue weighted by molar-refractivity contribution is -0.137. The molecule has 0 atom stereocenters. The van der Waals surface area contributed by atoms with Crippen molar-refractivity contribution in [2.24, 2.45) is 0 Å². The zero-order valence-electron chi connectivity index (χ0n) is 15.9. The lowest BCUT2D eigenvalue weighted by atomic mass is 10.0. The van der Waals surface area contributed by atoms with Crippen molar-refractivity contribution in [2.45, 2.75) is 39.9 Å². The SMILES string of the molecule is Cc1nc2c(C)c(C)c(N3CCc4ncc(C(F)(F)F)cc4C3)nn2c(=O)c1F. The summed E-state index contributed by atoms with van der Waals surface area (Å²) in [4.78, 5) is 22.2. The first-order chi connectivity index (χ1) is 13.6. The van der Waals surface area contributed by atoms with E-state index in [4.69, 9.17) is 0 Å². The van der Waals surface area contributed by atoms with E-state index in [2.05, 4.69) is 15.1 Å². The molecule has 0 aromatic carbocycles. The van der Waals surface area contributed by atoms with E-state index >= 15 is 0 Å². The maximum absolute atomic E-state index is 14.1. The predicted octanol–water partition coefficient (Wildman–Crippen LogP) is 3.13. The number of nitrogens with zero attached hydrogens (tertiary/aromatic N) is 5. The fourth-order valence-electron chi connectivity index (χ4n) is 3.50. The van der Waals surface area contributed by atoms with E-state index in [0.717, 1.165) is 22.3 Å². The van der Waals surface area contributed by atoms with Crippen molar-refractivity contribution >= 4 is 11.5 Å². The summed E-state index contributed by atoms with van der Waals surface area (Å²) in [6.45, 7) is 5.57. The Morgan fingerprint density at radius 1 is 1.14 bits per heavy atom. The van der Waals surface area contributed by atoms with Gasteiger partial charge in [0.05, 0.1) is 11.3 Å². The molecule has 29 heavy (non-hydrogen) atoms. The molecule has 4 rings (SSSR count). The normalized spacial score (nSPS) is 14.4. The smallest absolute Gasteiger partial charge is 0.350 e. The summed E-state index contributed by atoms with van der Waals surface area (Å²) >= 11 is 0. The van der Waals surface area contributed by atoms with Crippen molar-refractivity contribution in [3.63, 3.8) is 0 Å². The highest BCUT2D eigenvalue weighted by molar-refractivity contribution is 5.60. The molecule has 0 bridgehead atoms. The summed E-state index contributed by atoms with van der Waals surface area (Å²) in [5.41, 5.74) is 0.967. The summed E-state index contributed by atoms with van der Waals surface area (Å²) in [5.74, 6) is -0.572. The third kappa shape index (κ3) is 3.12. The fourth-order valence-corrected chi connectivity index (χ4v) is 3.50. The molecule has 4 heterocycles. The minimum absolute atomic E-state index is 0.00953. The van der Waals surface area contributed by atoms with E-state index in [-0.39, 0.29) is 17.9 Å². The van der Waals surface area contributed by atoms with Gasteiger partial charge in [0.15, 0.2) is 11.5 Å².